The van der Waals surface area contributed by atoms with Crippen LogP contribution in [-0.4, -0.2) is 4.98 Å². The van der Waals surface area contributed by atoms with E-state index >= 15 is 0 Å². The summed E-state index contributed by atoms with van der Waals surface area (Å²) in [5, 5.41) is 2.10. The zero-order valence-corrected chi connectivity index (χ0v) is 13.6. The van der Waals surface area contributed by atoms with E-state index in [-0.39, 0.29) is 0 Å². The molecule has 1 nitrogen and oxygen atoms in total. The Bertz CT molecular complexity index is 744. The summed E-state index contributed by atoms with van der Waals surface area (Å²) in [4.78, 5) is 3.53. The van der Waals surface area contributed by atoms with Gasteiger partial charge in [-0.3, -0.25) is 0 Å². The zero-order valence-electron chi connectivity index (χ0n) is 11.2. The molecule has 3 rings (SSSR count). The lowest BCUT2D eigenvalue weighted by Crippen LogP contribution is -1.93. The van der Waals surface area contributed by atoms with Crippen LogP contribution in [0.15, 0.2) is 46.9 Å². The van der Waals surface area contributed by atoms with Crippen LogP contribution in [0, 0.1) is 6.92 Å². The van der Waals surface area contributed by atoms with Gasteiger partial charge in [-0.1, -0.05) is 45.7 Å². The first kappa shape index (κ1) is 13.7. The third-order valence-electron chi connectivity index (χ3n) is 3.70. The quantitative estimate of drug-likeness (QED) is 0.627. The van der Waals surface area contributed by atoms with Crippen molar-refractivity contribution in [3.63, 3.8) is 0 Å². The van der Waals surface area contributed by atoms with Gasteiger partial charge in [0.2, 0.25) is 0 Å². The predicted octanol–water partition coefficient (Wildman–Crippen LogP) is 5.68. The van der Waals surface area contributed by atoms with Gasteiger partial charge >= 0.3 is 0 Å². The number of hydrogen-bond donors (Lipinski definition) is 1. The molecule has 0 aliphatic carbocycles. The van der Waals surface area contributed by atoms with Crippen molar-refractivity contribution in [1.82, 2.24) is 4.98 Å². The maximum Gasteiger partial charge on any atom is 0.0470 e. The fraction of sp³-hybridized carbons (Fsp3) is 0.176. The Morgan fingerprint density at radius 3 is 2.55 bits per heavy atom. The van der Waals surface area contributed by atoms with E-state index in [1.807, 2.05) is 12.1 Å². The minimum Gasteiger partial charge on any atom is -0.358 e. The standard InChI is InChI=1S/C17H15BrClN/c1-11-15-8-5-13(18)10-17(15)20-16(11)9-4-12-2-6-14(19)7-3-12/h2-3,5-8,10,20H,4,9H2,1H3. The molecule has 102 valence electrons. The lowest BCUT2D eigenvalue weighted by molar-refractivity contribution is 0.920. The number of aromatic amines is 1. The number of H-pyrrole nitrogens is 1. The normalized spacial score (nSPS) is 11.2. The topological polar surface area (TPSA) is 15.8 Å². The molecule has 0 atom stereocenters. The number of nitrogens with one attached hydrogen (secondary N) is 1. The molecule has 0 bridgehead atoms. The van der Waals surface area contributed by atoms with Crippen LogP contribution in [0.5, 0.6) is 0 Å². The number of halogens is 2. The van der Waals surface area contributed by atoms with Crippen LogP contribution < -0.4 is 0 Å². The highest BCUT2D eigenvalue weighted by atomic mass is 79.9. The van der Waals surface area contributed by atoms with Crippen LogP contribution in [0.1, 0.15) is 16.8 Å². The Kier molecular flexibility index (Phi) is 3.86. The minimum atomic E-state index is 0.792. The largest absolute Gasteiger partial charge is 0.358 e. The van der Waals surface area contributed by atoms with Gasteiger partial charge in [0.15, 0.2) is 0 Å². The van der Waals surface area contributed by atoms with E-state index in [0.29, 0.717) is 0 Å². The molecule has 0 aliphatic rings. The summed E-state index contributed by atoms with van der Waals surface area (Å²) in [6, 6.07) is 14.5. The first-order valence-corrected chi connectivity index (χ1v) is 7.82. The number of aromatic nitrogens is 1. The van der Waals surface area contributed by atoms with Gasteiger partial charge in [-0.05, 0) is 55.2 Å². The smallest absolute Gasteiger partial charge is 0.0470 e. The van der Waals surface area contributed by atoms with E-state index in [2.05, 4.69) is 58.2 Å². The summed E-state index contributed by atoms with van der Waals surface area (Å²) >= 11 is 9.43. The van der Waals surface area contributed by atoms with Gasteiger partial charge in [-0.25, -0.2) is 0 Å². The van der Waals surface area contributed by atoms with E-state index in [0.717, 1.165) is 22.3 Å². The molecule has 0 spiro atoms. The van der Waals surface area contributed by atoms with Crippen molar-refractivity contribution < 1.29 is 0 Å². The van der Waals surface area contributed by atoms with E-state index in [9.17, 15) is 0 Å². The molecular formula is C17H15BrClN. The van der Waals surface area contributed by atoms with Crippen molar-refractivity contribution in [2.24, 2.45) is 0 Å². The van der Waals surface area contributed by atoms with E-state index in [1.54, 1.807) is 0 Å². The Balaban J connectivity index is 1.84. The minimum absolute atomic E-state index is 0.792. The lowest BCUT2D eigenvalue weighted by Gasteiger charge is -2.02. The molecule has 2 aromatic carbocycles. The van der Waals surface area contributed by atoms with Crippen LogP contribution in [0.3, 0.4) is 0 Å². The number of benzene rings is 2. The molecule has 0 saturated heterocycles. The van der Waals surface area contributed by atoms with Gasteiger partial charge in [-0.15, -0.1) is 0 Å². The van der Waals surface area contributed by atoms with Crippen molar-refractivity contribution >= 4 is 38.4 Å². The molecule has 20 heavy (non-hydrogen) atoms. The summed E-state index contributed by atoms with van der Waals surface area (Å²) in [6.07, 6.45) is 2.03. The fourth-order valence-corrected chi connectivity index (χ4v) is 3.02. The predicted molar refractivity (Wildman–Crippen MR) is 89.6 cm³/mol. The fourth-order valence-electron chi connectivity index (χ4n) is 2.54. The van der Waals surface area contributed by atoms with Gasteiger partial charge in [0.1, 0.15) is 0 Å². The highest BCUT2D eigenvalue weighted by Gasteiger charge is 2.08. The second-order valence-electron chi connectivity index (χ2n) is 5.04. The molecule has 1 aromatic heterocycles. The first-order valence-electron chi connectivity index (χ1n) is 6.64. The molecule has 0 saturated carbocycles. The number of hydrogen-bond acceptors (Lipinski definition) is 0. The summed E-state index contributed by atoms with van der Waals surface area (Å²) < 4.78 is 1.11. The second-order valence-corrected chi connectivity index (χ2v) is 6.40. The Hall–Kier alpha value is -1.25. The molecule has 3 heteroatoms. The average Bonchev–Trinajstić information content (AvgIpc) is 2.74. The monoisotopic (exact) mass is 347 g/mol. The van der Waals surface area contributed by atoms with Gasteiger partial charge < -0.3 is 4.98 Å². The van der Waals surface area contributed by atoms with Crippen molar-refractivity contribution in [3.05, 3.63) is 68.8 Å². The molecule has 0 amide bonds. The van der Waals surface area contributed by atoms with Crippen molar-refractivity contribution in [2.45, 2.75) is 19.8 Å². The van der Waals surface area contributed by atoms with Crippen LogP contribution in [0.4, 0.5) is 0 Å². The SMILES string of the molecule is Cc1c(CCc2ccc(Cl)cc2)[nH]c2cc(Br)ccc12. The van der Waals surface area contributed by atoms with Gasteiger partial charge in [0, 0.05) is 26.1 Å². The number of aryl methyl sites for hydroxylation is 3. The van der Waals surface area contributed by atoms with Crippen molar-refractivity contribution in [2.75, 3.05) is 0 Å². The third kappa shape index (κ3) is 2.77. The molecule has 1 heterocycles. The van der Waals surface area contributed by atoms with E-state index < -0.39 is 0 Å². The lowest BCUT2D eigenvalue weighted by atomic mass is 10.1. The molecule has 3 aromatic rings. The van der Waals surface area contributed by atoms with Gasteiger partial charge in [0.05, 0.1) is 0 Å². The summed E-state index contributed by atoms with van der Waals surface area (Å²) in [6.45, 7) is 2.18. The first-order chi connectivity index (χ1) is 9.63. The molecule has 0 radical (unpaired) electrons. The Morgan fingerprint density at radius 1 is 1.05 bits per heavy atom. The highest BCUT2D eigenvalue weighted by molar-refractivity contribution is 9.10. The maximum absolute atomic E-state index is 5.91. The molecular weight excluding hydrogens is 334 g/mol. The van der Waals surface area contributed by atoms with Crippen molar-refractivity contribution in [1.29, 1.82) is 0 Å². The number of fused-ring (bicyclic) bond motifs is 1. The van der Waals surface area contributed by atoms with Gasteiger partial charge in [0.25, 0.3) is 0 Å². The van der Waals surface area contributed by atoms with E-state index in [1.165, 1.54) is 27.7 Å². The average molecular weight is 349 g/mol. The third-order valence-corrected chi connectivity index (χ3v) is 4.45. The van der Waals surface area contributed by atoms with Crippen LogP contribution in [-0.2, 0) is 12.8 Å². The Morgan fingerprint density at radius 2 is 1.80 bits per heavy atom. The van der Waals surface area contributed by atoms with Crippen molar-refractivity contribution in [3.8, 4) is 0 Å². The molecule has 0 aliphatic heterocycles. The molecule has 1 N–H and O–H groups in total. The zero-order chi connectivity index (χ0) is 14.1. The number of rotatable bonds is 3. The summed E-state index contributed by atoms with van der Waals surface area (Å²) in [5.41, 5.74) is 5.17. The highest BCUT2D eigenvalue weighted by Crippen LogP contribution is 2.25. The molecule has 0 fully saturated rings. The Labute approximate surface area is 132 Å². The van der Waals surface area contributed by atoms with Crippen LogP contribution in [0.25, 0.3) is 10.9 Å². The van der Waals surface area contributed by atoms with Gasteiger partial charge in [-0.2, -0.15) is 0 Å². The second kappa shape index (κ2) is 5.63. The van der Waals surface area contributed by atoms with Crippen LogP contribution >= 0.6 is 27.5 Å². The summed E-state index contributed by atoms with van der Waals surface area (Å²) in [5.74, 6) is 0. The maximum atomic E-state index is 5.91. The summed E-state index contributed by atoms with van der Waals surface area (Å²) in [7, 11) is 0. The van der Waals surface area contributed by atoms with E-state index in [4.69, 9.17) is 11.6 Å². The van der Waals surface area contributed by atoms with Crippen LogP contribution in [0.2, 0.25) is 5.02 Å². The molecule has 0 unspecified atom stereocenters.